The zero-order chi connectivity index (χ0) is 19.8. The first-order chi connectivity index (χ1) is 13.6. The Hall–Kier alpha value is -2.61. The molecule has 3 aromatic rings. The van der Waals surface area contributed by atoms with Gasteiger partial charge in [-0.3, -0.25) is 4.79 Å². The van der Waals surface area contributed by atoms with E-state index in [0.29, 0.717) is 16.5 Å². The fourth-order valence-electron chi connectivity index (χ4n) is 2.88. The summed E-state index contributed by atoms with van der Waals surface area (Å²) in [6, 6.07) is 24.9. The molecule has 3 aromatic carbocycles. The van der Waals surface area contributed by atoms with Gasteiger partial charge in [-0.1, -0.05) is 96.0 Å². The van der Waals surface area contributed by atoms with Crippen LogP contribution in [0.2, 0.25) is 10.0 Å². The van der Waals surface area contributed by atoms with Crippen LogP contribution in [0.15, 0.2) is 91.0 Å². The molecule has 28 heavy (non-hydrogen) atoms. The van der Waals surface area contributed by atoms with Crippen LogP contribution in [0, 0.1) is 0 Å². The van der Waals surface area contributed by atoms with E-state index in [1.807, 2.05) is 97.1 Å². The Morgan fingerprint density at radius 1 is 0.750 bits per heavy atom. The van der Waals surface area contributed by atoms with E-state index in [9.17, 15) is 4.79 Å². The summed E-state index contributed by atoms with van der Waals surface area (Å²) in [5.74, 6) is -0.157. The summed E-state index contributed by atoms with van der Waals surface area (Å²) < 4.78 is 0. The molecule has 0 aromatic heterocycles. The van der Waals surface area contributed by atoms with E-state index < -0.39 is 0 Å². The van der Waals surface area contributed by atoms with E-state index >= 15 is 0 Å². The Balaban J connectivity index is 1.75. The zero-order valence-electron chi connectivity index (χ0n) is 15.3. The standard InChI is InChI=1S/C25H20Cl2O/c26-22-14-9-19(10-15-22)5-4-8-24(21-6-2-1-3-7-21)25(28)18-13-20-11-16-23(27)17-12-20/h1-7,9-18,24H,8H2. The van der Waals surface area contributed by atoms with Crippen molar-refractivity contribution in [2.45, 2.75) is 12.3 Å². The van der Waals surface area contributed by atoms with Gasteiger partial charge in [0.05, 0.1) is 5.92 Å². The molecule has 0 bridgehead atoms. The lowest BCUT2D eigenvalue weighted by Crippen LogP contribution is -2.09. The van der Waals surface area contributed by atoms with E-state index in [2.05, 4.69) is 0 Å². The molecule has 0 aliphatic carbocycles. The lowest BCUT2D eigenvalue weighted by Gasteiger charge is -2.12. The smallest absolute Gasteiger partial charge is 0.163 e. The fourth-order valence-corrected chi connectivity index (χ4v) is 3.14. The number of carbonyl (C=O) groups is 1. The van der Waals surface area contributed by atoms with Crippen LogP contribution in [0.3, 0.4) is 0 Å². The molecule has 0 amide bonds. The van der Waals surface area contributed by atoms with Crippen molar-refractivity contribution in [1.82, 2.24) is 0 Å². The van der Waals surface area contributed by atoms with Crippen LogP contribution in [0.4, 0.5) is 0 Å². The third-order valence-corrected chi connectivity index (χ3v) is 4.91. The predicted molar refractivity (Wildman–Crippen MR) is 120 cm³/mol. The van der Waals surface area contributed by atoms with Crippen LogP contribution < -0.4 is 0 Å². The SMILES string of the molecule is O=C(C=Cc1ccc(Cl)cc1)C(CC=Cc1ccc(Cl)cc1)c1ccccc1. The monoisotopic (exact) mass is 406 g/mol. The molecule has 0 aliphatic rings. The summed E-state index contributed by atoms with van der Waals surface area (Å²) in [4.78, 5) is 12.9. The molecule has 1 nitrogen and oxygen atoms in total. The van der Waals surface area contributed by atoms with Crippen LogP contribution in [-0.4, -0.2) is 5.78 Å². The Morgan fingerprint density at radius 3 is 1.86 bits per heavy atom. The normalized spacial score (nSPS) is 12.5. The van der Waals surface area contributed by atoms with E-state index in [1.165, 1.54) is 0 Å². The van der Waals surface area contributed by atoms with Crippen LogP contribution >= 0.6 is 23.2 Å². The molecular formula is C25H20Cl2O. The molecule has 0 aliphatic heterocycles. The maximum atomic E-state index is 12.9. The first kappa shape index (κ1) is 20.1. The quantitative estimate of drug-likeness (QED) is 0.372. The van der Waals surface area contributed by atoms with Gasteiger partial charge >= 0.3 is 0 Å². The van der Waals surface area contributed by atoms with Crippen molar-refractivity contribution in [3.8, 4) is 0 Å². The molecule has 0 saturated heterocycles. The molecule has 3 heteroatoms. The highest BCUT2D eigenvalue weighted by atomic mass is 35.5. The van der Waals surface area contributed by atoms with Crippen LogP contribution in [0.25, 0.3) is 12.2 Å². The summed E-state index contributed by atoms with van der Waals surface area (Å²) in [5, 5.41) is 1.39. The van der Waals surface area contributed by atoms with Crippen LogP contribution in [0.5, 0.6) is 0 Å². The molecule has 1 unspecified atom stereocenters. The first-order valence-electron chi connectivity index (χ1n) is 9.06. The highest BCUT2D eigenvalue weighted by molar-refractivity contribution is 6.30. The first-order valence-corrected chi connectivity index (χ1v) is 9.82. The lowest BCUT2D eigenvalue weighted by molar-refractivity contribution is -0.115. The Bertz CT molecular complexity index is 956. The van der Waals surface area contributed by atoms with Crippen molar-refractivity contribution >= 4 is 41.1 Å². The van der Waals surface area contributed by atoms with E-state index in [4.69, 9.17) is 23.2 Å². The van der Waals surface area contributed by atoms with Gasteiger partial charge in [-0.2, -0.15) is 0 Å². The van der Waals surface area contributed by atoms with Gasteiger partial charge in [0.1, 0.15) is 0 Å². The minimum Gasteiger partial charge on any atom is -0.294 e. The summed E-state index contributed by atoms with van der Waals surface area (Å²) >= 11 is 11.8. The van der Waals surface area contributed by atoms with Crippen molar-refractivity contribution in [3.05, 3.63) is 118 Å². The molecule has 0 fully saturated rings. The topological polar surface area (TPSA) is 17.1 Å². The van der Waals surface area contributed by atoms with E-state index in [1.54, 1.807) is 6.08 Å². The average molecular weight is 407 g/mol. The average Bonchev–Trinajstić information content (AvgIpc) is 2.72. The molecule has 0 saturated carbocycles. The van der Waals surface area contributed by atoms with Crippen molar-refractivity contribution in [2.24, 2.45) is 0 Å². The van der Waals surface area contributed by atoms with Gasteiger partial charge in [-0.25, -0.2) is 0 Å². The highest BCUT2D eigenvalue weighted by Gasteiger charge is 2.16. The number of halogens is 2. The molecule has 0 heterocycles. The van der Waals surface area contributed by atoms with Crippen molar-refractivity contribution in [3.63, 3.8) is 0 Å². The fraction of sp³-hybridized carbons (Fsp3) is 0.0800. The third kappa shape index (κ3) is 5.95. The molecule has 0 spiro atoms. The number of hydrogen-bond acceptors (Lipinski definition) is 1. The minimum atomic E-state index is -0.228. The second kappa shape index (κ2) is 10.1. The van der Waals surface area contributed by atoms with Crippen molar-refractivity contribution < 1.29 is 4.79 Å². The number of carbonyl (C=O) groups excluding carboxylic acids is 1. The number of hydrogen-bond donors (Lipinski definition) is 0. The van der Waals surface area contributed by atoms with Gasteiger partial charge < -0.3 is 0 Å². The molecular weight excluding hydrogens is 387 g/mol. The Labute approximate surface area is 175 Å². The summed E-state index contributed by atoms with van der Waals surface area (Å²) in [6.07, 6.45) is 8.16. The molecule has 140 valence electrons. The van der Waals surface area contributed by atoms with Gasteiger partial charge in [0.15, 0.2) is 5.78 Å². The summed E-state index contributed by atoms with van der Waals surface area (Å²) in [6.45, 7) is 0. The number of benzene rings is 3. The zero-order valence-corrected chi connectivity index (χ0v) is 16.8. The molecule has 0 radical (unpaired) electrons. The number of rotatable bonds is 7. The van der Waals surface area contributed by atoms with E-state index in [-0.39, 0.29) is 11.7 Å². The molecule has 1 atom stereocenters. The second-order valence-electron chi connectivity index (χ2n) is 6.44. The van der Waals surface area contributed by atoms with Gasteiger partial charge in [0.25, 0.3) is 0 Å². The highest BCUT2D eigenvalue weighted by Crippen LogP contribution is 2.23. The second-order valence-corrected chi connectivity index (χ2v) is 7.31. The minimum absolute atomic E-state index is 0.0712. The van der Waals surface area contributed by atoms with Gasteiger partial charge in [0, 0.05) is 10.0 Å². The van der Waals surface area contributed by atoms with Crippen LogP contribution in [-0.2, 0) is 4.79 Å². The summed E-state index contributed by atoms with van der Waals surface area (Å²) in [5.41, 5.74) is 3.01. The number of ketones is 1. The van der Waals surface area contributed by atoms with Crippen LogP contribution in [0.1, 0.15) is 29.0 Å². The summed E-state index contributed by atoms with van der Waals surface area (Å²) in [7, 11) is 0. The Kier molecular flexibility index (Phi) is 7.25. The van der Waals surface area contributed by atoms with Gasteiger partial charge in [-0.05, 0) is 53.5 Å². The van der Waals surface area contributed by atoms with Gasteiger partial charge in [0.2, 0.25) is 0 Å². The maximum absolute atomic E-state index is 12.9. The van der Waals surface area contributed by atoms with Crippen molar-refractivity contribution in [1.29, 1.82) is 0 Å². The largest absolute Gasteiger partial charge is 0.294 e. The number of allylic oxidation sites excluding steroid dienone is 2. The molecule has 3 rings (SSSR count). The third-order valence-electron chi connectivity index (χ3n) is 4.41. The lowest BCUT2D eigenvalue weighted by atomic mass is 9.90. The van der Waals surface area contributed by atoms with Crippen molar-refractivity contribution in [2.75, 3.05) is 0 Å². The maximum Gasteiger partial charge on any atom is 0.163 e. The Morgan fingerprint density at radius 2 is 1.29 bits per heavy atom. The predicted octanol–water partition coefficient (Wildman–Crippen LogP) is 7.46. The van der Waals surface area contributed by atoms with E-state index in [0.717, 1.165) is 16.7 Å². The molecule has 0 N–H and O–H groups in total. The van der Waals surface area contributed by atoms with Gasteiger partial charge in [-0.15, -0.1) is 0 Å².